The lowest BCUT2D eigenvalue weighted by atomic mass is 9.84. The van der Waals surface area contributed by atoms with E-state index in [1.54, 1.807) is 0 Å². The maximum absolute atomic E-state index is 5.40. The first-order valence-electron chi connectivity index (χ1n) is 7.87. The second kappa shape index (κ2) is 7.77. The lowest BCUT2D eigenvalue weighted by Crippen LogP contribution is -2.42. The molecule has 1 aromatic rings. The molecular weight excluding hydrogens is 250 g/mol. The smallest absolute Gasteiger partial charge is 0.228 e. The van der Waals surface area contributed by atoms with Crippen LogP contribution >= 0.6 is 0 Å². The van der Waals surface area contributed by atoms with Crippen LogP contribution in [0.25, 0.3) is 0 Å². The number of nitrogens with one attached hydrogen (secondary N) is 1. The van der Waals surface area contributed by atoms with E-state index >= 15 is 0 Å². The van der Waals surface area contributed by atoms with Gasteiger partial charge >= 0.3 is 0 Å². The highest BCUT2D eigenvalue weighted by atomic mass is 16.5. The molecule has 1 heterocycles. The molecule has 0 amide bonds. The molecule has 116 valence electrons. The fraction of sp³-hybridized carbons (Fsp3) is 0.875. The molecule has 1 rings (SSSR count). The third-order valence-electron chi connectivity index (χ3n) is 3.52. The average molecular weight is 281 g/mol. The van der Waals surface area contributed by atoms with Crippen LogP contribution in [0.4, 0.5) is 0 Å². The van der Waals surface area contributed by atoms with E-state index in [-0.39, 0.29) is 5.41 Å². The minimum atomic E-state index is 0.182. The molecular formula is C16H31N3O. The number of rotatable bonds is 8. The van der Waals surface area contributed by atoms with Crippen LogP contribution in [0.2, 0.25) is 0 Å². The highest BCUT2D eigenvalue weighted by Crippen LogP contribution is 2.22. The molecule has 0 aromatic carbocycles. The summed E-state index contributed by atoms with van der Waals surface area (Å²) >= 11 is 0. The Kier molecular flexibility index (Phi) is 6.66. The Bertz CT molecular complexity index is 379. The van der Waals surface area contributed by atoms with Gasteiger partial charge in [-0.3, -0.25) is 0 Å². The van der Waals surface area contributed by atoms with Crippen molar-refractivity contribution < 1.29 is 4.52 Å². The topological polar surface area (TPSA) is 51.0 Å². The molecule has 4 heteroatoms. The largest absolute Gasteiger partial charge is 0.339 e. The van der Waals surface area contributed by atoms with Crippen LogP contribution in [0.1, 0.15) is 66.1 Å². The second-order valence-corrected chi connectivity index (χ2v) is 7.11. The van der Waals surface area contributed by atoms with Crippen molar-refractivity contribution in [1.82, 2.24) is 15.5 Å². The Hall–Kier alpha value is -0.900. The molecule has 0 spiro atoms. The minimum absolute atomic E-state index is 0.182. The zero-order valence-corrected chi connectivity index (χ0v) is 14.0. The second-order valence-electron chi connectivity index (χ2n) is 7.11. The maximum Gasteiger partial charge on any atom is 0.228 e. The van der Waals surface area contributed by atoms with Gasteiger partial charge in [0.15, 0.2) is 5.82 Å². The predicted octanol–water partition coefficient (Wildman–Crippen LogP) is 3.62. The fourth-order valence-corrected chi connectivity index (χ4v) is 2.07. The van der Waals surface area contributed by atoms with Crippen LogP contribution in [0, 0.1) is 11.3 Å². The van der Waals surface area contributed by atoms with Gasteiger partial charge in [-0.05, 0) is 30.7 Å². The van der Waals surface area contributed by atoms with E-state index in [2.05, 4.69) is 57.0 Å². The number of hydrogen-bond acceptors (Lipinski definition) is 4. The summed E-state index contributed by atoms with van der Waals surface area (Å²) in [7, 11) is 0. The van der Waals surface area contributed by atoms with Gasteiger partial charge in [-0.15, -0.1) is 0 Å². The summed E-state index contributed by atoms with van der Waals surface area (Å²) in [5, 5.41) is 7.68. The molecule has 0 bridgehead atoms. The summed E-state index contributed by atoms with van der Waals surface area (Å²) < 4.78 is 5.40. The standard InChI is InChI=1S/C16H31N3O/c1-7-10-17-13(16(4,5)6)11-15-18-14(19-20-15)9-8-12(2)3/h12-13,17H,7-11H2,1-6H3. The molecule has 1 atom stereocenters. The maximum atomic E-state index is 5.40. The summed E-state index contributed by atoms with van der Waals surface area (Å²) in [5.41, 5.74) is 0.182. The van der Waals surface area contributed by atoms with Gasteiger partial charge < -0.3 is 9.84 Å². The first kappa shape index (κ1) is 17.2. The van der Waals surface area contributed by atoms with Gasteiger partial charge in [0.05, 0.1) is 0 Å². The first-order valence-corrected chi connectivity index (χ1v) is 7.87. The summed E-state index contributed by atoms with van der Waals surface area (Å²) in [6, 6.07) is 0.362. The molecule has 1 N–H and O–H groups in total. The van der Waals surface area contributed by atoms with Crippen molar-refractivity contribution in [2.75, 3.05) is 6.54 Å². The van der Waals surface area contributed by atoms with Gasteiger partial charge in [0.2, 0.25) is 5.89 Å². The summed E-state index contributed by atoms with van der Waals surface area (Å²) in [6.45, 7) is 14.4. The Balaban J connectivity index is 2.60. The van der Waals surface area contributed by atoms with Crippen LogP contribution in [0.5, 0.6) is 0 Å². The zero-order valence-electron chi connectivity index (χ0n) is 14.0. The van der Waals surface area contributed by atoms with Crippen LogP contribution in [0.3, 0.4) is 0 Å². The van der Waals surface area contributed by atoms with Crippen molar-refractivity contribution in [2.24, 2.45) is 11.3 Å². The van der Waals surface area contributed by atoms with E-state index in [0.29, 0.717) is 12.0 Å². The van der Waals surface area contributed by atoms with Gasteiger partial charge in [0.1, 0.15) is 0 Å². The van der Waals surface area contributed by atoms with Crippen LogP contribution in [0.15, 0.2) is 4.52 Å². The Morgan fingerprint density at radius 3 is 2.50 bits per heavy atom. The van der Waals surface area contributed by atoms with Crippen molar-refractivity contribution in [1.29, 1.82) is 0 Å². The number of aromatic nitrogens is 2. The Morgan fingerprint density at radius 1 is 1.25 bits per heavy atom. The SMILES string of the molecule is CCCNC(Cc1nc(CCC(C)C)no1)C(C)(C)C. The number of nitrogens with zero attached hydrogens (tertiary/aromatic N) is 2. The van der Waals surface area contributed by atoms with Crippen LogP contribution < -0.4 is 5.32 Å². The minimum Gasteiger partial charge on any atom is -0.339 e. The molecule has 1 aromatic heterocycles. The normalized spacial score (nSPS) is 13.9. The average Bonchev–Trinajstić information content (AvgIpc) is 2.78. The van der Waals surface area contributed by atoms with Gasteiger partial charge in [0.25, 0.3) is 0 Å². The molecule has 0 saturated carbocycles. The summed E-state index contributed by atoms with van der Waals surface area (Å²) in [4.78, 5) is 4.53. The number of hydrogen-bond donors (Lipinski definition) is 1. The van der Waals surface area contributed by atoms with Crippen LogP contribution in [-0.4, -0.2) is 22.7 Å². The van der Waals surface area contributed by atoms with Crippen molar-refractivity contribution in [2.45, 2.75) is 73.3 Å². The van der Waals surface area contributed by atoms with E-state index in [4.69, 9.17) is 4.52 Å². The molecule has 0 aliphatic carbocycles. The first-order chi connectivity index (χ1) is 9.32. The van der Waals surface area contributed by atoms with Gasteiger partial charge in [-0.25, -0.2) is 0 Å². The summed E-state index contributed by atoms with van der Waals surface area (Å²) in [6.07, 6.45) is 3.95. The molecule has 4 nitrogen and oxygen atoms in total. The molecule has 0 radical (unpaired) electrons. The van der Waals surface area contributed by atoms with Crippen molar-refractivity contribution >= 4 is 0 Å². The monoisotopic (exact) mass is 281 g/mol. The zero-order chi connectivity index (χ0) is 15.2. The quantitative estimate of drug-likeness (QED) is 0.790. The van der Waals surface area contributed by atoms with E-state index in [1.807, 2.05) is 0 Å². The number of aryl methyl sites for hydroxylation is 1. The Labute approximate surface area is 123 Å². The molecule has 20 heavy (non-hydrogen) atoms. The van der Waals surface area contributed by atoms with Crippen molar-refractivity contribution in [3.05, 3.63) is 11.7 Å². The highest BCUT2D eigenvalue weighted by molar-refractivity contribution is 4.93. The molecule has 0 saturated heterocycles. The lowest BCUT2D eigenvalue weighted by Gasteiger charge is -2.30. The summed E-state index contributed by atoms with van der Waals surface area (Å²) in [5.74, 6) is 2.27. The van der Waals surface area contributed by atoms with Gasteiger partial charge in [-0.1, -0.05) is 46.7 Å². The van der Waals surface area contributed by atoms with Crippen LogP contribution in [-0.2, 0) is 12.8 Å². The van der Waals surface area contributed by atoms with Gasteiger partial charge in [0, 0.05) is 18.9 Å². The van der Waals surface area contributed by atoms with Crippen molar-refractivity contribution in [3.8, 4) is 0 Å². The van der Waals surface area contributed by atoms with Crippen molar-refractivity contribution in [3.63, 3.8) is 0 Å². The van der Waals surface area contributed by atoms with E-state index in [0.717, 1.165) is 43.9 Å². The molecule has 0 fully saturated rings. The molecule has 0 aliphatic heterocycles. The molecule has 0 aliphatic rings. The predicted molar refractivity (Wildman–Crippen MR) is 82.7 cm³/mol. The van der Waals surface area contributed by atoms with E-state index in [1.165, 1.54) is 0 Å². The fourth-order valence-electron chi connectivity index (χ4n) is 2.07. The highest BCUT2D eigenvalue weighted by Gasteiger charge is 2.26. The lowest BCUT2D eigenvalue weighted by molar-refractivity contribution is 0.244. The third kappa shape index (κ3) is 6.04. The Morgan fingerprint density at radius 2 is 1.95 bits per heavy atom. The van der Waals surface area contributed by atoms with E-state index < -0.39 is 0 Å². The van der Waals surface area contributed by atoms with Gasteiger partial charge in [-0.2, -0.15) is 4.98 Å². The van der Waals surface area contributed by atoms with E-state index in [9.17, 15) is 0 Å². The molecule has 1 unspecified atom stereocenters. The third-order valence-corrected chi connectivity index (χ3v) is 3.52.